The van der Waals surface area contributed by atoms with E-state index in [9.17, 15) is 19.7 Å². The lowest BCUT2D eigenvalue weighted by molar-refractivity contribution is -0.384. The number of nitrogens with zero attached hydrogens (tertiary/aromatic N) is 1. The van der Waals surface area contributed by atoms with Gasteiger partial charge in [-0.15, -0.1) is 0 Å². The summed E-state index contributed by atoms with van der Waals surface area (Å²) in [6.45, 7) is 3.81. The van der Waals surface area contributed by atoms with Crippen molar-refractivity contribution in [3.63, 3.8) is 0 Å². The quantitative estimate of drug-likeness (QED) is 0.262. The van der Waals surface area contributed by atoms with E-state index in [4.69, 9.17) is 25.8 Å². The molecule has 4 rings (SSSR count). The van der Waals surface area contributed by atoms with Gasteiger partial charge in [-0.3, -0.25) is 14.9 Å². The van der Waals surface area contributed by atoms with Gasteiger partial charge >= 0.3 is 5.97 Å². The first-order valence-corrected chi connectivity index (χ1v) is 12.6. The summed E-state index contributed by atoms with van der Waals surface area (Å²) in [4.78, 5) is 38.0. The Labute approximate surface area is 225 Å². The Morgan fingerprint density at radius 1 is 1.13 bits per heavy atom. The van der Waals surface area contributed by atoms with Crippen LogP contribution in [0.5, 0.6) is 11.5 Å². The van der Waals surface area contributed by atoms with E-state index in [1.807, 2.05) is 19.1 Å². The van der Waals surface area contributed by atoms with Crippen LogP contribution in [0.3, 0.4) is 0 Å². The van der Waals surface area contributed by atoms with E-state index < -0.39 is 16.8 Å². The van der Waals surface area contributed by atoms with Crippen molar-refractivity contribution in [1.29, 1.82) is 0 Å². The molecule has 2 aromatic carbocycles. The number of nitro groups is 1. The Balaban J connectivity index is 1.83. The SMILES string of the molecule is CCCOC(=O)C1=C(C)NC2=C(C(=O)C[C@H](c3ccc(OC)c(OC)c3)C2)[C@@H]1c1cc([N+](=O)[O-])ccc1Cl. The van der Waals surface area contributed by atoms with E-state index in [1.54, 1.807) is 27.2 Å². The van der Waals surface area contributed by atoms with Crippen LogP contribution in [0.15, 0.2) is 58.9 Å². The number of hydrogen-bond donors (Lipinski definition) is 1. The lowest BCUT2D eigenvalue weighted by Gasteiger charge is -2.37. The highest BCUT2D eigenvalue weighted by atomic mass is 35.5. The zero-order valence-corrected chi connectivity index (χ0v) is 22.4. The third-order valence-electron chi connectivity index (χ3n) is 6.87. The number of carbonyl (C=O) groups excluding carboxylic acids is 2. The molecule has 0 spiro atoms. The lowest BCUT2D eigenvalue weighted by atomic mass is 9.71. The van der Waals surface area contributed by atoms with Crippen molar-refractivity contribution in [3.05, 3.63) is 85.2 Å². The van der Waals surface area contributed by atoms with E-state index >= 15 is 0 Å². The number of ketones is 1. The van der Waals surface area contributed by atoms with Crippen LogP contribution in [-0.2, 0) is 14.3 Å². The Hall–Kier alpha value is -3.85. The minimum absolute atomic E-state index is 0.156. The smallest absolute Gasteiger partial charge is 0.336 e. The molecule has 0 aromatic heterocycles. The Morgan fingerprint density at radius 2 is 1.87 bits per heavy atom. The van der Waals surface area contributed by atoms with Crippen LogP contribution >= 0.6 is 11.6 Å². The van der Waals surface area contributed by atoms with Gasteiger partial charge in [0.1, 0.15) is 0 Å². The Kier molecular flexibility index (Phi) is 8.06. The minimum atomic E-state index is -0.901. The van der Waals surface area contributed by atoms with Gasteiger partial charge in [0.25, 0.3) is 5.69 Å². The third-order valence-corrected chi connectivity index (χ3v) is 7.21. The summed E-state index contributed by atoms with van der Waals surface area (Å²) in [6.07, 6.45) is 1.28. The number of non-ortho nitro benzene ring substituents is 1. The van der Waals surface area contributed by atoms with Gasteiger partial charge in [-0.25, -0.2) is 4.79 Å². The fourth-order valence-corrected chi connectivity index (χ4v) is 5.33. The van der Waals surface area contributed by atoms with Crippen molar-refractivity contribution in [1.82, 2.24) is 5.32 Å². The van der Waals surface area contributed by atoms with Crippen LogP contribution in [0.4, 0.5) is 5.69 Å². The second-order valence-corrected chi connectivity index (χ2v) is 9.64. The van der Waals surface area contributed by atoms with Crippen LogP contribution in [-0.4, -0.2) is 37.5 Å². The summed E-state index contributed by atoms with van der Waals surface area (Å²) < 4.78 is 16.2. The first-order valence-electron chi connectivity index (χ1n) is 12.3. The third kappa shape index (κ3) is 5.11. The molecular formula is C28H29ClN2O7. The van der Waals surface area contributed by atoms with E-state index in [2.05, 4.69) is 5.32 Å². The summed E-state index contributed by atoms with van der Waals surface area (Å²) in [5, 5.41) is 15.1. The van der Waals surface area contributed by atoms with Crippen molar-refractivity contribution < 1.29 is 28.7 Å². The molecule has 0 radical (unpaired) electrons. The van der Waals surface area contributed by atoms with E-state index in [-0.39, 0.29) is 41.0 Å². The molecule has 10 heteroatoms. The van der Waals surface area contributed by atoms with Crippen LogP contribution in [0.1, 0.15) is 56.1 Å². The molecule has 1 aliphatic heterocycles. The zero-order chi connectivity index (χ0) is 27.6. The predicted octanol–water partition coefficient (Wildman–Crippen LogP) is 5.58. The summed E-state index contributed by atoms with van der Waals surface area (Å²) in [5.74, 6) is -0.682. The largest absolute Gasteiger partial charge is 0.493 e. The molecule has 0 amide bonds. The number of methoxy groups -OCH3 is 2. The number of hydrogen-bond acceptors (Lipinski definition) is 8. The summed E-state index contributed by atoms with van der Waals surface area (Å²) in [7, 11) is 3.11. The second kappa shape index (κ2) is 11.3. The maximum atomic E-state index is 13.8. The molecule has 0 fully saturated rings. The molecule has 0 saturated carbocycles. The standard InChI is InChI=1S/C28H29ClN2O7/c1-5-10-38-28(33)25-15(2)30-21-11-17(16-6-9-23(36-3)24(13-16)37-4)12-22(32)27(21)26(25)19-14-18(31(34)35)7-8-20(19)29/h6-9,13-14,17,26,30H,5,10-12H2,1-4H3/t17-,26-/m1/s1. The number of esters is 1. The van der Waals surface area contributed by atoms with Crippen molar-refractivity contribution in [2.24, 2.45) is 0 Å². The number of carbonyl (C=O) groups is 2. The fourth-order valence-electron chi connectivity index (χ4n) is 5.10. The van der Waals surface area contributed by atoms with Gasteiger partial charge in [0.2, 0.25) is 0 Å². The van der Waals surface area contributed by atoms with Gasteiger partial charge in [0.15, 0.2) is 17.3 Å². The number of ether oxygens (including phenoxy) is 3. The maximum absolute atomic E-state index is 13.8. The van der Waals surface area contributed by atoms with E-state index in [0.717, 1.165) is 5.56 Å². The van der Waals surface area contributed by atoms with Crippen molar-refractivity contribution in [2.75, 3.05) is 20.8 Å². The summed E-state index contributed by atoms with van der Waals surface area (Å²) >= 11 is 6.54. The molecule has 9 nitrogen and oxygen atoms in total. The van der Waals surface area contributed by atoms with Gasteiger partial charge in [-0.1, -0.05) is 24.6 Å². The minimum Gasteiger partial charge on any atom is -0.493 e. The van der Waals surface area contributed by atoms with Gasteiger partial charge < -0.3 is 19.5 Å². The van der Waals surface area contributed by atoms with Crippen LogP contribution in [0.2, 0.25) is 5.02 Å². The van der Waals surface area contributed by atoms with Gasteiger partial charge in [-0.2, -0.15) is 0 Å². The van der Waals surface area contributed by atoms with E-state index in [1.165, 1.54) is 18.2 Å². The number of nitro benzene ring substituents is 1. The van der Waals surface area contributed by atoms with Crippen molar-refractivity contribution in [3.8, 4) is 11.5 Å². The monoisotopic (exact) mass is 540 g/mol. The molecule has 38 heavy (non-hydrogen) atoms. The predicted molar refractivity (Wildman–Crippen MR) is 141 cm³/mol. The molecule has 1 N–H and O–H groups in total. The molecule has 2 aliphatic rings. The number of Topliss-reactive ketones (excluding diaryl/α,β-unsaturated/α-hetero) is 1. The van der Waals surface area contributed by atoms with Gasteiger partial charge in [-0.05, 0) is 55.0 Å². The highest BCUT2D eigenvalue weighted by Crippen LogP contribution is 2.48. The molecule has 1 aliphatic carbocycles. The van der Waals surface area contributed by atoms with Crippen LogP contribution in [0, 0.1) is 10.1 Å². The summed E-state index contributed by atoms with van der Waals surface area (Å²) in [6, 6.07) is 9.60. The second-order valence-electron chi connectivity index (χ2n) is 9.23. The number of halogens is 1. The molecule has 1 heterocycles. The molecule has 200 valence electrons. The average Bonchev–Trinajstić information content (AvgIpc) is 2.90. The number of dihydropyridines is 1. The molecule has 2 atom stereocenters. The molecule has 2 aromatic rings. The van der Waals surface area contributed by atoms with Gasteiger partial charge in [0, 0.05) is 46.5 Å². The number of benzene rings is 2. The van der Waals surface area contributed by atoms with Crippen molar-refractivity contribution >= 4 is 29.0 Å². The van der Waals surface area contributed by atoms with E-state index in [0.29, 0.717) is 46.9 Å². The molecular weight excluding hydrogens is 512 g/mol. The highest BCUT2D eigenvalue weighted by Gasteiger charge is 2.42. The number of allylic oxidation sites excluding steroid dienone is 3. The molecule has 0 bridgehead atoms. The topological polar surface area (TPSA) is 117 Å². The molecule has 0 saturated heterocycles. The van der Waals surface area contributed by atoms with Crippen LogP contribution < -0.4 is 14.8 Å². The highest BCUT2D eigenvalue weighted by molar-refractivity contribution is 6.31. The molecule has 0 unspecified atom stereocenters. The van der Waals surface area contributed by atoms with Gasteiger partial charge in [0.05, 0.1) is 31.3 Å². The van der Waals surface area contributed by atoms with Crippen LogP contribution in [0.25, 0.3) is 0 Å². The fraction of sp³-hybridized carbons (Fsp3) is 0.357. The lowest BCUT2D eigenvalue weighted by Crippen LogP contribution is -2.36. The summed E-state index contributed by atoms with van der Waals surface area (Å²) in [5.41, 5.74) is 2.79. The Bertz CT molecular complexity index is 1360. The maximum Gasteiger partial charge on any atom is 0.336 e. The average molecular weight is 541 g/mol. The zero-order valence-electron chi connectivity index (χ0n) is 21.6. The number of nitrogens with one attached hydrogen (secondary N) is 1. The normalized spacial score (nSPS) is 19.0. The first-order chi connectivity index (χ1) is 18.2. The Morgan fingerprint density at radius 3 is 2.53 bits per heavy atom. The number of rotatable bonds is 8. The first kappa shape index (κ1) is 27.2. The van der Waals surface area contributed by atoms with Crippen molar-refractivity contribution in [2.45, 2.75) is 44.9 Å².